The van der Waals surface area contributed by atoms with Crippen LogP contribution in [0.25, 0.3) is 11.0 Å². The van der Waals surface area contributed by atoms with Gasteiger partial charge in [0, 0.05) is 26.2 Å². The number of para-hydroxylation sites is 1. The third-order valence-corrected chi connectivity index (χ3v) is 6.27. The van der Waals surface area contributed by atoms with E-state index >= 15 is 0 Å². The summed E-state index contributed by atoms with van der Waals surface area (Å²) in [5, 5.41) is 6.05. The molecule has 0 bridgehead atoms. The Bertz CT molecular complexity index is 1260. The normalized spacial score (nSPS) is 13.5. The number of fused-ring (bicyclic) bond motifs is 1. The minimum absolute atomic E-state index is 0. The van der Waals surface area contributed by atoms with Crippen molar-refractivity contribution < 1.29 is 26.6 Å². The number of rotatable bonds is 6. The molecular weight excluding hydrogens is 493 g/mol. The van der Waals surface area contributed by atoms with Crippen LogP contribution in [0, 0.1) is 0 Å². The van der Waals surface area contributed by atoms with Crippen LogP contribution in [-0.2, 0) is 19.6 Å². The number of imidazole rings is 1. The first kappa shape index (κ1) is 26.5. The van der Waals surface area contributed by atoms with Crippen molar-refractivity contribution in [3.63, 3.8) is 0 Å². The predicted molar refractivity (Wildman–Crippen MR) is 129 cm³/mol. The number of hydrogen-bond donors (Lipinski definition) is 4. The van der Waals surface area contributed by atoms with Crippen molar-refractivity contribution in [3.8, 4) is 0 Å². The Morgan fingerprint density at radius 3 is 2.54 bits per heavy atom. The second-order valence-electron chi connectivity index (χ2n) is 7.94. The van der Waals surface area contributed by atoms with Gasteiger partial charge >= 0.3 is 0 Å². The van der Waals surface area contributed by atoms with E-state index in [2.05, 4.69) is 29.7 Å². The van der Waals surface area contributed by atoms with E-state index in [1.165, 1.54) is 0 Å². The Morgan fingerprint density at radius 2 is 1.89 bits per heavy atom. The molecule has 6 N–H and O–H groups in total. The highest BCUT2D eigenvalue weighted by Gasteiger charge is 2.30. The molecule has 1 aliphatic rings. The highest BCUT2D eigenvalue weighted by atomic mass is 35.5. The van der Waals surface area contributed by atoms with Gasteiger partial charge in [-0.05, 0) is 26.0 Å². The van der Waals surface area contributed by atoms with E-state index in [1.807, 2.05) is 36.9 Å². The Labute approximate surface area is 214 Å². The molecule has 0 unspecified atom stereocenters. The summed E-state index contributed by atoms with van der Waals surface area (Å²) in [6.45, 7) is 8.43. The first-order valence-electron chi connectivity index (χ1n) is 11.3. The molecule has 3 heterocycles. The molecule has 11 nitrogen and oxygen atoms in total. The van der Waals surface area contributed by atoms with Crippen molar-refractivity contribution in [1.82, 2.24) is 30.1 Å². The number of nitrogen functional groups attached to an aromatic ring is 2. The van der Waals surface area contributed by atoms with Crippen molar-refractivity contribution in [1.29, 1.82) is 0 Å². The predicted octanol–water partition coefficient (Wildman–Crippen LogP) is -2.44. The van der Waals surface area contributed by atoms with Crippen LogP contribution in [0.3, 0.4) is 0 Å². The number of aryl methyl sites for hydroxylation is 2. The number of anilines is 2. The van der Waals surface area contributed by atoms with Crippen LogP contribution < -0.4 is 39.1 Å². The van der Waals surface area contributed by atoms with Crippen molar-refractivity contribution in [2.45, 2.75) is 33.5 Å². The highest BCUT2D eigenvalue weighted by Crippen LogP contribution is 2.22. The van der Waals surface area contributed by atoms with Crippen LogP contribution in [-0.4, -0.2) is 57.4 Å². The van der Waals surface area contributed by atoms with Gasteiger partial charge in [-0.15, -0.1) is 0 Å². The molecule has 4 rings (SSSR count). The molecule has 1 aromatic carbocycles. The van der Waals surface area contributed by atoms with Gasteiger partial charge in [0.25, 0.3) is 17.6 Å². The molecule has 3 aromatic rings. The molecule has 0 atom stereocenters. The Morgan fingerprint density at radius 1 is 1.17 bits per heavy atom. The molecule has 1 aliphatic heterocycles. The Balaban J connectivity index is 0.00000342. The van der Waals surface area contributed by atoms with E-state index in [0.717, 1.165) is 29.9 Å². The Kier molecular flexibility index (Phi) is 8.36. The maximum Gasteiger partial charge on any atom is 0.277 e. The molecular formula is C22H29Cl2N9O2. The summed E-state index contributed by atoms with van der Waals surface area (Å²) in [5.74, 6) is 0.217. The van der Waals surface area contributed by atoms with Gasteiger partial charge in [-0.2, -0.15) is 0 Å². The first-order chi connectivity index (χ1) is 16.4. The third kappa shape index (κ3) is 4.97. The third-order valence-electron chi connectivity index (χ3n) is 5.99. The minimum atomic E-state index is -0.514. The number of nitrogens with two attached hydrogens (primary N) is 2. The SMILES string of the molecule is CCn1c(CNC(=O)c2nc(Cl)c(N)nc2N)[n+](CC)c2c(C(=O)N3CCNCC3)cccc21.[Cl-]. The zero-order chi connectivity index (χ0) is 24.4. The van der Waals surface area contributed by atoms with E-state index in [-0.39, 0.29) is 47.3 Å². The molecule has 0 aliphatic carbocycles. The number of halogens is 2. The lowest BCUT2D eigenvalue weighted by Crippen LogP contribution is -3.00. The lowest BCUT2D eigenvalue weighted by molar-refractivity contribution is -0.676. The van der Waals surface area contributed by atoms with E-state index in [9.17, 15) is 9.59 Å². The fourth-order valence-electron chi connectivity index (χ4n) is 4.39. The monoisotopic (exact) mass is 521 g/mol. The number of piperazine rings is 1. The molecule has 2 amide bonds. The standard InChI is InChI=1S/C22H28ClN9O2.ClH/c1-3-31-14-7-5-6-13(22(34)30-10-8-26-9-11-30)17(14)32(4-2)15(31)12-27-21(33)16-19(24)29-20(25)18(23)28-16;/h5-7,26H,3-4,8-12H2,1-2H3,(H4-,24,25,27,29,33);1H. The maximum absolute atomic E-state index is 13.4. The van der Waals surface area contributed by atoms with Crippen LogP contribution >= 0.6 is 11.6 Å². The molecule has 1 saturated heterocycles. The number of nitrogens with zero attached hydrogens (tertiary/aromatic N) is 5. The number of nitrogens with one attached hydrogen (secondary N) is 2. The molecule has 0 radical (unpaired) electrons. The van der Waals surface area contributed by atoms with Gasteiger partial charge in [-0.1, -0.05) is 17.7 Å². The van der Waals surface area contributed by atoms with Gasteiger partial charge in [0.2, 0.25) is 0 Å². The summed E-state index contributed by atoms with van der Waals surface area (Å²) >= 11 is 5.92. The van der Waals surface area contributed by atoms with Crippen LogP contribution in [0.1, 0.15) is 40.5 Å². The average Bonchev–Trinajstić information content (AvgIpc) is 3.17. The van der Waals surface area contributed by atoms with E-state index in [4.69, 9.17) is 23.1 Å². The van der Waals surface area contributed by atoms with Gasteiger partial charge in [0.1, 0.15) is 6.54 Å². The summed E-state index contributed by atoms with van der Waals surface area (Å²) in [6.07, 6.45) is 0. The highest BCUT2D eigenvalue weighted by molar-refractivity contribution is 6.31. The lowest BCUT2D eigenvalue weighted by atomic mass is 10.1. The second kappa shape index (κ2) is 11.1. The number of carbonyl (C=O) groups is 2. The van der Waals surface area contributed by atoms with E-state index in [1.54, 1.807) is 0 Å². The topological polar surface area (TPSA) is 148 Å². The van der Waals surface area contributed by atoms with Gasteiger partial charge < -0.3 is 39.4 Å². The molecule has 1 fully saturated rings. The zero-order valence-electron chi connectivity index (χ0n) is 19.6. The molecule has 0 spiro atoms. The summed E-state index contributed by atoms with van der Waals surface area (Å²) in [5.41, 5.74) is 13.8. The Hall–Kier alpha value is -3.15. The molecule has 188 valence electrons. The number of hydrogen-bond acceptors (Lipinski definition) is 7. The van der Waals surface area contributed by atoms with Crippen LogP contribution in [0.2, 0.25) is 5.15 Å². The summed E-state index contributed by atoms with van der Waals surface area (Å²) < 4.78 is 4.16. The largest absolute Gasteiger partial charge is 1.00 e. The van der Waals surface area contributed by atoms with Crippen LogP contribution in [0.15, 0.2) is 18.2 Å². The fraction of sp³-hybridized carbons (Fsp3) is 0.409. The smallest absolute Gasteiger partial charge is 0.277 e. The average molecular weight is 522 g/mol. The van der Waals surface area contributed by atoms with E-state index in [0.29, 0.717) is 31.7 Å². The molecule has 0 saturated carbocycles. The van der Waals surface area contributed by atoms with Crippen molar-refractivity contribution in [2.75, 3.05) is 37.6 Å². The lowest BCUT2D eigenvalue weighted by Gasteiger charge is -2.27. The van der Waals surface area contributed by atoms with Crippen molar-refractivity contribution in [3.05, 3.63) is 40.4 Å². The second-order valence-corrected chi connectivity index (χ2v) is 8.29. The molecule has 2 aromatic heterocycles. The van der Waals surface area contributed by atoms with Gasteiger partial charge in [0.15, 0.2) is 33.5 Å². The van der Waals surface area contributed by atoms with Gasteiger partial charge in [-0.25, -0.2) is 19.1 Å². The fourth-order valence-corrected chi connectivity index (χ4v) is 4.52. The van der Waals surface area contributed by atoms with Gasteiger partial charge in [-0.3, -0.25) is 9.59 Å². The minimum Gasteiger partial charge on any atom is -1.00 e. The number of carbonyl (C=O) groups excluding carboxylic acids is 2. The maximum atomic E-state index is 13.4. The summed E-state index contributed by atoms with van der Waals surface area (Å²) in [7, 11) is 0. The van der Waals surface area contributed by atoms with Crippen LogP contribution in [0.5, 0.6) is 0 Å². The van der Waals surface area contributed by atoms with Gasteiger partial charge in [0.05, 0.1) is 18.7 Å². The van der Waals surface area contributed by atoms with Crippen molar-refractivity contribution in [2.24, 2.45) is 0 Å². The molecule has 13 heteroatoms. The van der Waals surface area contributed by atoms with Crippen molar-refractivity contribution >= 4 is 46.1 Å². The summed E-state index contributed by atoms with van der Waals surface area (Å²) in [4.78, 5) is 35.9. The number of amides is 2. The molecule has 35 heavy (non-hydrogen) atoms. The summed E-state index contributed by atoms with van der Waals surface area (Å²) in [6, 6.07) is 5.76. The zero-order valence-corrected chi connectivity index (χ0v) is 21.2. The first-order valence-corrected chi connectivity index (χ1v) is 11.7. The number of aromatic nitrogens is 4. The number of benzene rings is 1. The quantitative estimate of drug-likeness (QED) is 0.263. The van der Waals surface area contributed by atoms with Crippen LogP contribution in [0.4, 0.5) is 11.6 Å². The van der Waals surface area contributed by atoms with E-state index < -0.39 is 5.91 Å².